The van der Waals surface area contributed by atoms with Crippen LogP contribution in [0.15, 0.2) is 36.5 Å². The van der Waals surface area contributed by atoms with Gasteiger partial charge in [-0.1, -0.05) is 35.5 Å². The van der Waals surface area contributed by atoms with Gasteiger partial charge in [0.2, 0.25) is 0 Å². The van der Waals surface area contributed by atoms with Crippen molar-refractivity contribution in [2.45, 2.75) is 26.7 Å². The van der Waals surface area contributed by atoms with E-state index in [-0.39, 0.29) is 6.29 Å². The van der Waals surface area contributed by atoms with Crippen molar-refractivity contribution in [1.82, 2.24) is 15.0 Å². The minimum absolute atomic E-state index is 0.277. The second kappa shape index (κ2) is 7.01. The van der Waals surface area contributed by atoms with E-state index in [9.17, 15) is 0 Å². The van der Waals surface area contributed by atoms with Crippen molar-refractivity contribution in [3.05, 3.63) is 36.5 Å². The van der Waals surface area contributed by atoms with Crippen molar-refractivity contribution in [2.75, 3.05) is 13.2 Å². The zero-order valence-electron chi connectivity index (χ0n) is 11.3. The van der Waals surface area contributed by atoms with Gasteiger partial charge in [0, 0.05) is 18.8 Å². The highest BCUT2D eigenvalue weighted by Crippen LogP contribution is 2.15. The Morgan fingerprint density at radius 3 is 2.42 bits per heavy atom. The van der Waals surface area contributed by atoms with E-state index in [0.29, 0.717) is 19.8 Å². The lowest BCUT2D eigenvalue weighted by molar-refractivity contribution is -0.145. The maximum atomic E-state index is 5.49. The van der Waals surface area contributed by atoms with Crippen LogP contribution in [0.3, 0.4) is 0 Å². The normalized spacial score (nSPS) is 11.1. The maximum absolute atomic E-state index is 5.49. The molecule has 2 aromatic rings. The number of benzene rings is 1. The molecule has 1 aromatic carbocycles. The first-order valence-electron chi connectivity index (χ1n) is 6.52. The Kier molecular flexibility index (Phi) is 5.06. The molecule has 0 spiro atoms. The minimum Gasteiger partial charge on any atom is -0.351 e. The average molecular weight is 261 g/mol. The van der Waals surface area contributed by atoms with E-state index in [4.69, 9.17) is 9.47 Å². The van der Waals surface area contributed by atoms with Gasteiger partial charge in [-0.2, -0.15) is 0 Å². The summed E-state index contributed by atoms with van der Waals surface area (Å²) in [5, 5.41) is 8.27. The molecule has 0 amide bonds. The Bertz CT molecular complexity index is 478. The van der Waals surface area contributed by atoms with Gasteiger partial charge in [-0.25, -0.2) is 4.68 Å². The monoisotopic (exact) mass is 261 g/mol. The van der Waals surface area contributed by atoms with Gasteiger partial charge in [0.15, 0.2) is 6.29 Å². The Morgan fingerprint density at radius 1 is 1.11 bits per heavy atom. The van der Waals surface area contributed by atoms with Crippen molar-refractivity contribution < 1.29 is 9.47 Å². The number of rotatable bonds is 7. The molecule has 0 aliphatic rings. The molecule has 0 aliphatic heterocycles. The summed E-state index contributed by atoms with van der Waals surface area (Å²) in [6.45, 7) is 5.67. The van der Waals surface area contributed by atoms with E-state index >= 15 is 0 Å². The molecule has 102 valence electrons. The van der Waals surface area contributed by atoms with Crippen LogP contribution in [0.25, 0.3) is 11.3 Å². The topological polar surface area (TPSA) is 49.2 Å². The summed E-state index contributed by atoms with van der Waals surface area (Å²) in [6, 6.07) is 9.97. The summed E-state index contributed by atoms with van der Waals surface area (Å²) < 4.78 is 12.7. The van der Waals surface area contributed by atoms with Crippen molar-refractivity contribution in [3.63, 3.8) is 0 Å². The molecule has 0 saturated carbocycles. The molecule has 0 saturated heterocycles. The first-order chi connectivity index (χ1) is 9.33. The smallest absolute Gasteiger partial charge is 0.176 e. The van der Waals surface area contributed by atoms with Crippen LogP contribution in [-0.2, 0) is 16.0 Å². The van der Waals surface area contributed by atoms with Crippen LogP contribution in [0.2, 0.25) is 0 Å². The van der Waals surface area contributed by atoms with Crippen molar-refractivity contribution in [1.29, 1.82) is 0 Å². The zero-order chi connectivity index (χ0) is 13.5. The molecule has 1 heterocycles. The largest absolute Gasteiger partial charge is 0.351 e. The van der Waals surface area contributed by atoms with Gasteiger partial charge in [0.1, 0.15) is 5.69 Å². The van der Waals surface area contributed by atoms with Crippen LogP contribution in [0.4, 0.5) is 0 Å². The number of hydrogen-bond acceptors (Lipinski definition) is 4. The number of aromatic nitrogens is 3. The van der Waals surface area contributed by atoms with Crippen LogP contribution < -0.4 is 0 Å². The lowest BCUT2D eigenvalue weighted by atomic mass is 10.2. The molecule has 5 nitrogen and oxygen atoms in total. The van der Waals surface area contributed by atoms with Crippen LogP contribution >= 0.6 is 0 Å². The molecule has 0 aliphatic carbocycles. The molecule has 0 unspecified atom stereocenters. The standard InChI is InChI=1S/C14H19N3O2/c1-3-18-14(19-4-2)11-17-10-13(15-16-17)12-8-6-5-7-9-12/h5-10,14H,3-4,11H2,1-2H3. The van der Waals surface area contributed by atoms with Gasteiger partial charge in [0.05, 0.1) is 12.7 Å². The number of nitrogens with zero attached hydrogens (tertiary/aromatic N) is 3. The summed E-state index contributed by atoms with van der Waals surface area (Å²) in [4.78, 5) is 0. The minimum atomic E-state index is -0.277. The summed E-state index contributed by atoms with van der Waals surface area (Å²) in [7, 11) is 0. The molecule has 0 N–H and O–H groups in total. The number of ether oxygens (including phenoxy) is 2. The second-order valence-corrected chi connectivity index (χ2v) is 4.03. The quantitative estimate of drug-likeness (QED) is 0.718. The summed E-state index contributed by atoms with van der Waals surface area (Å²) in [5.41, 5.74) is 1.91. The first-order valence-corrected chi connectivity index (χ1v) is 6.52. The van der Waals surface area contributed by atoms with Crippen LogP contribution in [0.5, 0.6) is 0 Å². The third kappa shape index (κ3) is 3.87. The van der Waals surface area contributed by atoms with E-state index in [2.05, 4.69) is 10.3 Å². The lowest BCUT2D eigenvalue weighted by Crippen LogP contribution is -2.24. The van der Waals surface area contributed by atoms with Gasteiger partial charge in [-0.15, -0.1) is 5.10 Å². The van der Waals surface area contributed by atoms with Gasteiger partial charge in [0.25, 0.3) is 0 Å². The van der Waals surface area contributed by atoms with Crippen molar-refractivity contribution in [3.8, 4) is 11.3 Å². The molecular formula is C14H19N3O2. The summed E-state index contributed by atoms with van der Waals surface area (Å²) in [6.07, 6.45) is 1.63. The maximum Gasteiger partial charge on any atom is 0.176 e. The SMILES string of the molecule is CCOC(Cn1cc(-c2ccccc2)nn1)OCC. The van der Waals surface area contributed by atoms with E-state index in [1.807, 2.05) is 50.4 Å². The highest BCUT2D eigenvalue weighted by molar-refractivity contribution is 5.57. The van der Waals surface area contributed by atoms with Crippen molar-refractivity contribution in [2.24, 2.45) is 0 Å². The third-order valence-corrected chi connectivity index (χ3v) is 2.65. The fourth-order valence-electron chi connectivity index (χ4n) is 1.81. The van der Waals surface area contributed by atoms with Gasteiger partial charge < -0.3 is 9.47 Å². The lowest BCUT2D eigenvalue weighted by Gasteiger charge is -2.16. The third-order valence-electron chi connectivity index (χ3n) is 2.65. The van der Waals surface area contributed by atoms with Crippen molar-refractivity contribution >= 4 is 0 Å². The predicted molar refractivity (Wildman–Crippen MR) is 72.5 cm³/mol. The van der Waals surface area contributed by atoms with Gasteiger partial charge in [-0.3, -0.25) is 0 Å². The molecule has 0 atom stereocenters. The average Bonchev–Trinajstić information content (AvgIpc) is 2.89. The Labute approximate surface area is 113 Å². The molecule has 1 aromatic heterocycles. The predicted octanol–water partition coefficient (Wildman–Crippen LogP) is 2.34. The molecular weight excluding hydrogens is 242 g/mol. The molecule has 5 heteroatoms. The highest BCUT2D eigenvalue weighted by atomic mass is 16.7. The molecule has 0 bridgehead atoms. The van der Waals surface area contributed by atoms with Gasteiger partial charge >= 0.3 is 0 Å². The van der Waals surface area contributed by atoms with Crippen LogP contribution in [0.1, 0.15) is 13.8 Å². The van der Waals surface area contributed by atoms with E-state index in [1.165, 1.54) is 0 Å². The summed E-state index contributed by atoms with van der Waals surface area (Å²) in [5.74, 6) is 0. The Morgan fingerprint density at radius 2 is 1.79 bits per heavy atom. The number of hydrogen-bond donors (Lipinski definition) is 0. The van der Waals surface area contributed by atoms with Crippen LogP contribution in [-0.4, -0.2) is 34.5 Å². The Balaban J connectivity index is 2.04. The van der Waals surface area contributed by atoms with E-state index in [1.54, 1.807) is 4.68 Å². The zero-order valence-corrected chi connectivity index (χ0v) is 11.3. The Hall–Kier alpha value is -1.72. The van der Waals surface area contributed by atoms with E-state index < -0.39 is 0 Å². The first kappa shape index (κ1) is 13.7. The fourth-order valence-corrected chi connectivity index (χ4v) is 1.81. The highest BCUT2D eigenvalue weighted by Gasteiger charge is 2.11. The fraction of sp³-hybridized carbons (Fsp3) is 0.429. The molecule has 19 heavy (non-hydrogen) atoms. The second-order valence-electron chi connectivity index (χ2n) is 4.03. The van der Waals surface area contributed by atoms with Crippen LogP contribution in [0, 0.1) is 0 Å². The van der Waals surface area contributed by atoms with E-state index in [0.717, 1.165) is 11.3 Å². The molecule has 2 rings (SSSR count). The van der Waals surface area contributed by atoms with Gasteiger partial charge in [-0.05, 0) is 13.8 Å². The molecule has 0 fully saturated rings. The summed E-state index contributed by atoms with van der Waals surface area (Å²) >= 11 is 0. The molecule has 0 radical (unpaired) electrons.